The highest BCUT2D eigenvalue weighted by Gasteiger charge is 2.20. The van der Waals surface area contributed by atoms with Crippen LogP contribution >= 0.6 is 15.9 Å². The monoisotopic (exact) mass is 400 g/mol. The van der Waals surface area contributed by atoms with Crippen molar-refractivity contribution in [2.24, 2.45) is 7.05 Å². The van der Waals surface area contributed by atoms with Crippen molar-refractivity contribution in [2.75, 3.05) is 12.8 Å². The van der Waals surface area contributed by atoms with Crippen LogP contribution in [-0.2, 0) is 13.6 Å². The molecule has 0 fully saturated rings. The Morgan fingerprint density at radius 3 is 2.64 bits per heavy atom. The summed E-state index contributed by atoms with van der Waals surface area (Å²) in [5.41, 5.74) is 8.74. The second-order valence-electron chi connectivity index (χ2n) is 5.72. The number of rotatable bonds is 5. The largest absolute Gasteiger partial charge is 0.497 e. The molecule has 1 heterocycles. The molecule has 25 heavy (non-hydrogen) atoms. The van der Waals surface area contributed by atoms with Crippen molar-refractivity contribution in [1.29, 1.82) is 0 Å². The van der Waals surface area contributed by atoms with Gasteiger partial charge in [0.1, 0.15) is 24.2 Å². The first-order valence-electron chi connectivity index (χ1n) is 7.77. The van der Waals surface area contributed by atoms with Crippen molar-refractivity contribution in [1.82, 2.24) is 4.57 Å². The third-order valence-corrected chi connectivity index (χ3v) is 4.65. The summed E-state index contributed by atoms with van der Waals surface area (Å²) in [5, 5.41) is 0. The van der Waals surface area contributed by atoms with E-state index in [0.29, 0.717) is 11.5 Å². The lowest BCUT2D eigenvalue weighted by molar-refractivity contribution is -0.667. The van der Waals surface area contributed by atoms with E-state index in [0.717, 1.165) is 21.5 Å². The number of carbonyl (C=O) groups excluding carboxylic acids is 1. The molecular formula is C19H19BrN3O2+. The minimum atomic E-state index is 0.00647. The lowest BCUT2D eigenvalue weighted by Crippen LogP contribution is -2.39. The molecular weight excluding hydrogens is 382 g/mol. The van der Waals surface area contributed by atoms with Crippen LogP contribution in [0.15, 0.2) is 59.2 Å². The van der Waals surface area contributed by atoms with Crippen LogP contribution in [0.3, 0.4) is 0 Å². The van der Waals surface area contributed by atoms with Crippen molar-refractivity contribution < 1.29 is 14.1 Å². The van der Waals surface area contributed by atoms with E-state index in [9.17, 15) is 4.79 Å². The minimum Gasteiger partial charge on any atom is -0.497 e. The summed E-state index contributed by atoms with van der Waals surface area (Å²) < 4.78 is 9.85. The van der Waals surface area contributed by atoms with Gasteiger partial charge < -0.3 is 4.74 Å². The number of nitrogens with two attached hydrogens (primary N) is 1. The van der Waals surface area contributed by atoms with Crippen LogP contribution in [0.4, 0.5) is 5.95 Å². The van der Waals surface area contributed by atoms with E-state index < -0.39 is 0 Å². The van der Waals surface area contributed by atoms with Crippen LogP contribution in [0.25, 0.3) is 11.3 Å². The number of halogens is 1. The van der Waals surface area contributed by atoms with Crippen LogP contribution < -0.4 is 15.0 Å². The van der Waals surface area contributed by atoms with E-state index in [1.165, 1.54) is 0 Å². The number of imidazole rings is 1. The molecule has 0 saturated heterocycles. The SMILES string of the molecule is COc1cccc(-c2c[n+](CC(=O)c3ccc(Br)cc3)c(N)n2C)c1. The highest BCUT2D eigenvalue weighted by Crippen LogP contribution is 2.24. The Morgan fingerprint density at radius 1 is 1.24 bits per heavy atom. The molecule has 0 radical (unpaired) electrons. The first-order chi connectivity index (χ1) is 12.0. The molecule has 0 unspecified atom stereocenters. The number of benzene rings is 2. The van der Waals surface area contributed by atoms with Gasteiger partial charge in [0.25, 0.3) is 0 Å². The number of anilines is 1. The fourth-order valence-electron chi connectivity index (χ4n) is 2.68. The number of carbonyl (C=O) groups is 1. The van der Waals surface area contributed by atoms with Gasteiger partial charge in [-0.25, -0.2) is 9.13 Å². The van der Waals surface area contributed by atoms with Gasteiger partial charge in [-0.05, 0) is 24.3 Å². The fourth-order valence-corrected chi connectivity index (χ4v) is 2.94. The molecule has 0 aliphatic rings. The summed E-state index contributed by atoms with van der Waals surface area (Å²) >= 11 is 3.37. The maximum Gasteiger partial charge on any atom is 0.355 e. The number of ketones is 1. The van der Waals surface area contributed by atoms with Crippen LogP contribution in [-0.4, -0.2) is 17.5 Å². The first-order valence-corrected chi connectivity index (χ1v) is 8.56. The van der Waals surface area contributed by atoms with Crippen molar-refractivity contribution in [2.45, 2.75) is 6.54 Å². The molecule has 0 aliphatic carbocycles. The molecule has 0 amide bonds. The van der Waals surface area contributed by atoms with Crippen LogP contribution in [0, 0.1) is 0 Å². The van der Waals surface area contributed by atoms with E-state index in [-0.39, 0.29) is 12.3 Å². The number of nitrogens with zero attached hydrogens (tertiary/aromatic N) is 2. The average molecular weight is 401 g/mol. The van der Waals surface area contributed by atoms with E-state index >= 15 is 0 Å². The summed E-state index contributed by atoms with van der Waals surface area (Å²) in [6.45, 7) is 0.186. The molecule has 0 spiro atoms. The number of hydrogen-bond donors (Lipinski definition) is 1. The second-order valence-corrected chi connectivity index (χ2v) is 6.64. The number of Topliss-reactive ketones (excluding diaryl/α,β-unsaturated/α-hetero) is 1. The standard InChI is InChI=1S/C19H18BrN3O2/c1-22-17(14-4-3-5-16(10-14)25-2)11-23(19(22)21)12-18(24)13-6-8-15(20)9-7-13/h3-11,21H,12H2,1-2H3/p+1. The lowest BCUT2D eigenvalue weighted by atomic mass is 10.1. The smallest absolute Gasteiger partial charge is 0.355 e. The van der Waals surface area contributed by atoms with Crippen molar-refractivity contribution >= 4 is 27.7 Å². The van der Waals surface area contributed by atoms with E-state index in [4.69, 9.17) is 10.5 Å². The molecule has 1 aromatic heterocycles. The zero-order chi connectivity index (χ0) is 18.0. The molecule has 0 atom stereocenters. The quantitative estimate of drug-likeness (QED) is 0.528. The van der Waals surface area contributed by atoms with Gasteiger partial charge in [-0.1, -0.05) is 40.2 Å². The van der Waals surface area contributed by atoms with E-state index in [1.807, 2.05) is 54.2 Å². The maximum atomic E-state index is 12.5. The Labute approximate surface area is 154 Å². The normalized spacial score (nSPS) is 10.7. The van der Waals surface area contributed by atoms with Crippen LogP contribution in [0.2, 0.25) is 0 Å². The topological polar surface area (TPSA) is 61.1 Å². The van der Waals surface area contributed by atoms with Crippen molar-refractivity contribution in [3.05, 3.63) is 64.8 Å². The van der Waals surface area contributed by atoms with Gasteiger partial charge in [-0.2, -0.15) is 0 Å². The van der Waals surface area contributed by atoms with E-state index in [2.05, 4.69) is 15.9 Å². The molecule has 0 aliphatic heterocycles. The Bertz CT molecular complexity index is 917. The second kappa shape index (κ2) is 7.11. The number of hydrogen-bond acceptors (Lipinski definition) is 3. The lowest BCUT2D eigenvalue weighted by Gasteiger charge is -2.02. The summed E-state index contributed by atoms with van der Waals surface area (Å²) in [5.74, 6) is 1.30. The highest BCUT2D eigenvalue weighted by molar-refractivity contribution is 9.10. The predicted molar refractivity (Wildman–Crippen MR) is 100 cm³/mol. The molecule has 6 heteroatoms. The summed E-state index contributed by atoms with van der Waals surface area (Å²) in [6, 6.07) is 15.1. The fraction of sp³-hybridized carbons (Fsp3) is 0.158. The predicted octanol–water partition coefficient (Wildman–Crippen LogP) is 3.22. The maximum absolute atomic E-state index is 12.5. The molecule has 0 saturated carbocycles. The van der Waals surface area contributed by atoms with Gasteiger partial charge in [0.05, 0.1) is 14.2 Å². The van der Waals surface area contributed by atoms with Gasteiger partial charge in [0, 0.05) is 15.6 Å². The molecule has 5 nitrogen and oxygen atoms in total. The molecule has 2 N–H and O–H groups in total. The molecule has 3 aromatic rings. The summed E-state index contributed by atoms with van der Waals surface area (Å²) in [6.07, 6.45) is 1.89. The van der Waals surface area contributed by atoms with Gasteiger partial charge in [-0.15, -0.1) is 0 Å². The molecule has 3 rings (SSSR count). The number of nitrogen functional groups attached to an aromatic ring is 1. The molecule has 2 aromatic carbocycles. The number of ether oxygens (including phenoxy) is 1. The van der Waals surface area contributed by atoms with Gasteiger partial charge in [0.2, 0.25) is 0 Å². The van der Waals surface area contributed by atoms with Gasteiger partial charge in [0.15, 0.2) is 5.78 Å². The summed E-state index contributed by atoms with van der Waals surface area (Å²) in [7, 11) is 3.51. The third kappa shape index (κ3) is 3.58. The first kappa shape index (κ1) is 17.2. The summed E-state index contributed by atoms with van der Waals surface area (Å²) in [4.78, 5) is 12.5. The molecule has 0 bridgehead atoms. The number of methoxy groups -OCH3 is 1. The Morgan fingerprint density at radius 2 is 1.96 bits per heavy atom. The zero-order valence-electron chi connectivity index (χ0n) is 14.1. The van der Waals surface area contributed by atoms with Gasteiger partial charge in [-0.3, -0.25) is 10.5 Å². The Kier molecular flexibility index (Phi) is 4.90. The van der Waals surface area contributed by atoms with Crippen molar-refractivity contribution in [3.8, 4) is 17.0 Å². The van der Waals surface area contributed by atoms with E-state index in [1.54, 1.807) is 23.8 Å². The third-order valence-electron chi connectivity index (χ3n) is 4.12. The highest BCUT2D eigenvalue weighted by atomic mass is 79.9. The Hall–Kier alpha value is -2.60. The van der Waals surface area contributed by atoms with Crippen molar-refractivity contribution in [3.63, 3.8) is 0 Å². The van der Waals surface area contributed by atoms with Crippen LogP contribution in [0.1, 0.15) is 10.4 Å². The van der Waals surface area contributed by atoms with Crippen LogP contribution in [0.5, 0.6) is 5.75 Å². The van der Waals surface area contributed by atoms with Gasteiger partial charge >= 0.3 is 5.95 Å². The molecule has 128 valence electrons. The Balaban J connectivity index is 1.90. The zero-order valence-corrected chi connectivity index (χ0v) is 15.7. The average Bonchev–Trinajstić information content (AvgIpc) is 2.90. The number of aromatic nitrogens is 2. The minimum absolute atomic E-state index is 0.00647.